The molecule has 0 bridgehead atoms. The molecule has 3 aromatic rings. The van der Waals surface area contributed by atoms with Crippen LogP contribution in [0.1, 0.15) is 18.0 Å². The van der Waals surface area contributed by atoms with Crippen molar-refractivity contribution >= 4 is 16.8 Å². The second-order valence-corrected chi connectivity index (χ2v) is 6.36. The summed E-state index contributed by atoms with van der Waals surface area (Å²) in [6.07, 6.45) is 2.35. The Balaban J connectivity index is 1.55. The minimum atomic E-state index is -0.192. The number of hydrogen-bond acceptors (Lipinski definition) is 4. The lowest BCUT2D eigenvalue weighted by Gasteiger charge is -2.41. The predicted molar refractivity (Wildman–Crippen MR) is 98.1 cm³/mol. The Labute approximate surface area is 150 Å². The number of nitrogens with zero attached hydrogens (tertiary/aromatic N) is 3. The average Bonchev–Trinajstić information content (AvgIpc) is 2.63. The first kappa shape index (κ1) is 16.3. The van der Waals surface area contributed by atoms with Crippen molar-refractivity contribution in [3.05, 3.63) is 70.8 Å². The van der Waals surface area contributed by atoms with E-state index in [0.29, 0.717) is 17.4 Å². The summed E-state index contributed by atoms with van der Waals surface area (Å²) in [4.78, 5) is 31.4. The first-order chi connectivity index (χ1) is 12.7. The summed E-state index contributed by atoms with van der Waals surface area (Å²) in [5, 5.41) is 0.524. The van der Waals surface area contributed by atoms with E-state index in [2.05, 4.69) is 4.98 Å². The van der Waals surface area contributed by atoms with E-state index < -0.39 is 0 Å². The molecular formula is C20H19N3O3. The van der Waals surface area contributed by atoms with Gasteiger partial charge in [0.2, 0.25) is 5.91 Å². The molecule has 0 N–H and O–H groups in total. The van der Waals surface area contributed by atoms with Crippen LogP contribution in [0.3, 0.4) is 0 Å². The van der Waals surface area contributed by atoms with Crippen LogP contribution in [-0.4, -0.2) is 34.0 Å². The maximum atomic E-state index is 12.7. The number of aromatic nitrogens is 2. The van der Waals surface area contributed by atoms with Crippen LogP contribution >= 0.6 is 0 Å². The van der Waals surface area contributed by atoms with Crippen molar-refractivity contribution in [1.29, 1.82) is 0 Å². The van der Waals surface area contributed by atoms with Gasteiger partial charge in [0.05, 0.1) is 30.4 Å². The number of hydrogen-bond donors (Lipinski definition) is 0. The molecule has 0 spiro atoms. The quantitative estimate of drug-likeness (QED) is 0.725. The minimum Gasteiger partial charge on any atom is -0.497 e. The zero-order chi connectivity index (χ0) is 18.1. The van der Waals surface area contributed by atoms with E-state index >= 15 is 0 Å². The number of carbonyl (C=O) groups excluding carboxylic acids is 1. The second kappa shape index (κ2) is 6.63. The Kier molecular flexibility index (Phi) is 4.16. The van der Waals surface area contributed by atoms with Crippen LogP contribution in [0.4, 0.5) is 0 Å². The second-order valence-electron chi connectivity index (χ2n) is 6.36. The van der Waals surface area contributed by atoms with Crippen molar-refractivity contribution in [3.8, 4) is 5.75 Å². The minimum absolute atomic E-state index is 0.00284. The highest BCUT2D eigenvalue weighted by Gasteiger charge is 2.33. The van der Waals surface area contributed by atoms with Gasteiger partial charge in [0.1, 0.15) is 12.3 Å². The fourth-order valence-electron chi connectivity index (χ4n) is 3.34. The highest BCUT2D eigenvalue weighted by molar-refractivity contribution is 5.79. The van der Waals surface area contributed by atoms with E-state index in [1.54, 1.807) is 30.2 Å². The molecule has 0 saturated carbocycles. The third-order valence-corrected chi connectivity index (χ3v) is 4.86. The summed E-state index contributed by atoms with van der Waals surface area (Å²) in [7, 11) is 1.63. The average molecular weight is 349 g/mol. The Morgan fingerprint density at radius 3 is 2.85 bits per heavy atom. The maximum absolute atomic E-state index is 12.7. The zero-order valence-electron chi connectivity index (χ0n) is 14.5. The molecule has 1 aliphatic rings. The largest absolute Gasteiger partial charge is 0.497 e. The van der Waals surface area contributed by atoms with E-state index in [1.165, 1.54) is 10.9 Å². The molecule has 1 amide bonds. The smallest absolute Gasteiger partial charge is 0.261 e. The van der Waals surface area contributed by atoms with Crippen molar-refractivity contribution in [2.75, 3.05) is 13.7 Å². The van der Waals surface area contributed by atoms with Gasteiger partial charge in [-0.05, 0) is 36.2 Å². The molecule has 6 nitrogen and oxygen atoms in total. The highest BCUT2D eigenvalue weighted by Crippen LogP contribution is 2.34. The van der Waals surface area contributed by atoms with E-state index in [9.17, 15) is 9.59 Å². The SMILES string of the molecule is COc1cccc([C@H]2CCN2C(=O)Cn2cnc3ccccc3c2=O)c1. The number of benzene rings is 2. The number of likely N-dealkylation sites (tertiary alicyclic amines) is 1. The van der Waals surface area contributed by atoms with Crippen molar-refractivity contribution in [3.63, 3.8) is 0 Å². The first-order valence-corrected chi connectivity index (χ1v) is 8.55. The van der Waals surface area contributed by atoms with Crippen LogP contribution < -0.4 is 10.3 Å². The molecule has 6 heteroatoms. The topological polar surface area (TPSA) is 64.4 Å². The standard InChI is InChI=1S/C20H19N3O3/c1-26-15-6-4-5-14(11-15)18-9-10-23(18)19(24)12-22-13-21-17-8-3-2-7-16(17)20(22)25/h2-8,11,13,18H,9-10,12H2,1H3/t18-/m1/s1. The molecule has 2 heterocycles. The molecule has 0 aliphatic carbocycles. The van der Waals surface area contributed by atoms with Crippen LogP contribution in [0.2, 0.25) is 0 Å². The number of carbonyl (C=O) groups is 1. The number of methoxy groups -OCH3 is 1. The highest BCUT2D eigenvalue weighted by atomic mass is 16.5. The van der Waals surface area contributed by atoms with Gasteiger partial charge >= 0.3 is 0 Å². The summed E-state index contributed by atoms with van der Waals surface area (Å²) in [6.45, 7) is 0.688. The molecule has 2 aromatic carbocycles. The summed E-state index contributed by atoms with van der Waals surface area (Å²) in [6, 6.07) is 14.9. The summed E-state index contributed by atoms with van der Waals surface area (Å²) in [5.74, 6) is 0.694. The van der Waals surface area contributed by atoms with E-state index in [-0.39, 0.29) is 24.1 Å². The van der Waals surface area contributed by atoms with Gasteiger partial charge in [-0.1, -0.05) is 24.3 Å². The number of ether oxygens (including phenoxy) is 1. The van der Waals surface area contributed by atoms with Gasteiger partial charge in [0.25, 0.3) is 5.56 Å². The third-order valence-electron chi connectivity index (χ3n) is 4.86. The van der Waals surface area contributed by atoms with Gasteiger partial charge in [-0.3, -0.25) is 14.2 Å². The van der Waals surface area contributed by atoms with Crippen molar-refractivity contribution < 1.29 is 9.53 Å². The van der Waals surface area contributed by atoms with Crippen LogP contribution in [0.15, 0.2) is 59.7 Å². The molecule has 1 saturated heterocycles. The van der Waals surface area contributed by atoms with Gasteiger partial charge in [-0.15, -0.1) is 0 Å². The van der Waals surface area contributed by atoms with E-state index in [4.69, 9.17) is 4.74 Å². The molecule has 1 aliphatic heterocycles. The molecule has 4 rings (SSSR count). The number of para-hydroxylation sites is 1. The molecule has 1 atom stereocenters. The predicted octanol–water partition coefficient (Wildman–Crippen LogP) is 2.38. The van der Waals surface area contributed by atoms with Crippen molar-refractivity contribution in [2.45, 2.75) is 19.0 Å². The van der Waals surface area contributed by atoms with Crippen LogP contribution in [0, 0.1) is 0 Å². The maximum Gasteiger partial charge on any atom is 0.261 e. The Hall–Kier alpha value is -3.15. The van der Waals surface area contributed by atoms with Gasteiger partial charge in [0, 0.05) is 6.54 Å². The fourth-order valence-corrected chi connectivity index (χ4v) is 3.34. The van der Waals surface area contributed by atoms with Crippen molar-refractivity contribution in [2.24, 2.45) is 0 Å². The number of rotatable bonds is 4. The normalized spacial score (nSPS) is 16.3. The molecular weight excluding hydrogens is 330 g/mol. The van der Waals surface area contributed by atoms with Crippen LogP contribution in [0.5, 0.6) is 5.75 Å². The molecule has 0 unspecified atom stereocenters. The molecule has 132 valence electrons. The monoisotopic (exact) mass is 349 g/mol. The lowest BCUT2D eigenvalue weighted by molar-refractivity contribution is -0.139. The van der Waals surface area contributed by atoms with Gasteiger partial charge in [0.15, 0.2) is 0 Å². The summed E-state index contributed by atoms with van der Waals surface area (Å²) < 4.78 is 6.65. The van der Waals surface area contributed by atoms with Crippen LogP contribution in [-0.2, 0) is 11.3 Å². The van der Waals surface area contributed by atoms with E-state index in [1.807, 2.05) is 30.3 Å². The van der Waals surface area contributed by atoms with E-state index in [0.717, 1.165) is 17.7 Å². The van der Waals surface area contributed by atoms with Crippen molar-refractivity contribution in [1.82, 2.24) is 14.5 Å². The molecule has 1 aromatic heterocycles. The Morgan fingerprint density at radius 2 is 2.08 bits per heavy atom. The molecule has 26 heavy (non-hydrogen) atoms. The first-order valence-electron chi connectivity index (χ1n) is 8.55. The molecule has 1 fully saturated rings. The van der Waals surface area contributed by atoms with Crippen LogP contribution in [0.25, 0.3) is 10.9 Å². The lowest BCUT2D eigenvalue weighted by Crippen LogP contribution is -2.47. The number of fused-ring (bicyclic) bond motifs is 1. The summed E-state index contributed by atoms with van der Waals surface area (Å²) in [5.41, 5.74) is 1.50. The van der Waals surface area contributed by atoms with Gasteiger partial charge in [-0.25, -0.2) is 4.98 Å². The lowest BCUT2D eigenvalue weighted by atomic mass is 9.94. The van der Waals surface area contributed by atoms with Gasteiger partial charge < -0.3 is 9.64 Å². The Morgan fingerprint density at radius 1 is 1.23 bits per heavy atom. The third kappa shape index (κ3) is 2.83. The summed E-state index contributed by atoms with van der Waals surface area (Å²) >= 11 is 0. The molecule has 0 radical (unpaired) electrons. The zero-order valence-corrected chi connectivity index (χ0v) is 14.5. The fraction of sp³-hybridized carbons (Fsp3) is 0.250. The Bertz CT molecular complexity index is 1030. The van der Waals surface area contributed by atoms with Gasteiger partial charge in [-0.2, -0.15) is 0 Å². The number of amides is 1.